The summed E-state index contributed by atoms with van der Waals surface area (Å²) in [7, 11) is 1.72. The highest BCUT2D eigenvalue weighted by atomic mass is 16.6. The number of hydrogen-bond donors (Lipinski definition) is 0. The molecule has 16 heteroatoms. The van der Waals surface area contributed by atoms with Gasteiger partial charge < -0.3 is 71.2 Å². The number of rotatable bonds is 47. The Hall–Kier alpha value is -2.81. The normalized spacial score (nSPS) is 12.2. The summed E-state index contributed by atoms with van der Waals surface area (Å²) < 4.78 is 77.7. The number of fused-ring (bicyclic) bond motifs is 3. The Bertz CT molecular complexity index is 1350. The summed E-state index contributed by atoms with van der Waals surface area (Å²) in [6.07, 6.45) is 5.89. The van der Waals surface area contributed by atoms with E-state index in [1.165, 1.54) is 52.8 Å². The monoisotopic (exact) mass is 924 g/mol. The first kappa shape index (κ1) is 56.5. The summed E-state index contributed by atoms with van der Waals surface area (Å²) >= 11 is 0. The van der Waals surface area contributed by atoms with Gasteiger partial charge in [-0.15, -0.1) is 0 Å². The Balaban J connectivity index is 0.919. The van der Waals surface area contributed by atoms with E-state index in [0.717, 1.165) is 13.0 Å². The zero-order chi connectivity index (χ0) is 45.9. The summed E-state index contributed by atoms with van der Waals surface area (Å²) in [6, 6.07) is 16.6. The van der Waals surface area contributed by atoms with E-state index in [1.807, 2.05) is 24.3 Å². The van der Waals surface area contributed by atoms with Gasteiger partial charge in [0.15, 0.2) is 0 Å². The third-order valence-corrected chi connectivity index (χ3v) is 10.1. The first-order valence-electron chi connectivity index (χ1n) is 23.8. The minimum absolute atomic E-state index is 0.0360. The van der Waals surface area contributed by atoms with Crippen molar-refractivity contribution < 1.29 is 71.1 Å². The second-order valence-corrected chi connectivity index (χ2v) is 15.1. The molecule has 0 radical (unpaired) electrons. The highest BCUT2D eigenvalue weighted by molar-refractivity contribution is 5.79. The van der Waals surface area contributed by atoms with Gasteiger partial charge in [-0.05, 0) is 28.7 Å². The summed E-state index contributed by atoms with van der Waals surface area (Å²) in [6.45, 7) is 16.3. The molecule has 65 heavy (non-hydrogen) atoms. The van der Waals surface area contributed by atoms with E-state index in [1.54, 1.807) is 7.05 Å². The Morgan fingerprint density at radius 3 is 1.03 bits per heavy atom. The first-order valence-corrected chi connectivity index (χ1v) is 23.8. The van der Waals surface area contributed by atoms with E-state index < -0.39 is 0 Å². The minimum atomic E-state index is -0.365. The predicted octanol–water partition coefficient (Wildman–Crippen LogP) is 6.05. The SMILES string of the molecule is CCCCCCCOCCOCCOCCOCCOCCOCCOCCOCCOCCOCCOCCOCCOCCN(C)C(=O)OCC1c2ccccc2-c2ccccc21. The molecule has 0 saturated carbocycles. The average Bonchev–Trinajstić information content (AvgIpc) is 3.65. The van der Waals surface area contributed by atoms with Crippen LogP contribution in [0.5, 0.6) is 0 Å². The first-order chi connectivity index (χ1) is 32.2. The maximum Gasteiger partial charge on any atom is 0.409 e. The van der Waals surface area contributed by atoms with Crippen LogP contribution in [0.15, 0.2) is 48.5 Å². The highest BCUT2D eigenvalue weighted by Crippen LogP contribution is 2.44. The van der Waals surface area contributed by atoms with Crippen LogP contribution in [-0.4, -0.2) is 203 Å². The maximum absolute atomic E-state index is 12.6. The molecule has 0 N–H and O–H groups in total. The van der Waals surface area contributed by atoms with E-state index in [-0.39, 0.29) is 12.0 Å². The van der Waals surface area contributed by atoms with Crippen molar-refractivity contribution in [3.05, 3.63) is 59.7 Å². The third-order valence-electron chi connectivity index (χ3n) is 10.1. The van der Waals surface area contributed by atoms with Crippen molar-refractivity contribution in [2.75, 3.05) is 192 Å². The lowest BCUT2D eigenvalue weighted by Gasteiger charge is -2.19. The molecule has 1 aliphatic rings. The molecule has 2 aromatic rings. The summed E-state index contributed by atoms with van der Waals surface area (Å²) in [4.78, 5) is 14.2. The molecule has 1 aliphatic carbocycles. The number of carbonyl (C=O) groups is 1. The number of ether oxygens (including phenoxy) is 14. The largest absolute Gasteiger partial charge is 0.448 e. The molecular formula is C49H81NO15. The topological polar surface area (TPSA) is 150 Å². The van der Waals surface area contributed by atoms with Gasteiger partial charge >= 0.3 is 6.09 Å². The molecule has 372 valence electrons. The molecule has 0 aliphatic heterocycles. The quantitative estimate of drug-likeness (QED) is 0.0709. The smallest absolute Gasteiger partial charge is 0.409 e. The standard InChI is InChI=1S/C49H81NO15/c1-3-4-5-6-11-17-52-19-21-54-23-25-56-27-29-58-31-33-60-35-37-62-39-41-64-42-40-63-38-36-61-34-32-59-30-28-57-26-24-55-22-20-53-18-16-50(2)49(51)65-43-48-46-14-9-7-12-44(46)45-13-8-10-15-47(45)48/h7-10,12-15,48H,3-6,11,16-43H2,1-2H3. The van der Waals surface area contributed by atoms with Gasteiger partial charge in [-0.3, -0.25) is 0 Å². The lowest BCUT2D eigenvalue weighted by atomic mass is 9.98. The predicted molar refractivity (Wildman–Crippen MR) is 247 cm³/mol. The van der Waals surface area contributed by atoms with Gasteiger partial charge in [0.25, 0.3) is 0 Å². The second kappa shape index (κ2) is 41.4. The maximum atomic E-state index is 12.6. The van der Waals surface area contributed by atoms with Crippen molar-refractivity contribution in [2.45, 2.75) is 44.9 Å². The van der Waals surface area contributed by atoms with Crippen LogP contribution in [-0.2, 0) is 66.3 Å². The molecule has 0 heterocycles. The van der Waals surface area contributed by atoms with E-state index in [4.69, 9.17) is 66.3 Å². The Labute approximate surface area is 388 Å². The number of unbranched alkanes of at least 4 members (excludes halogenated alkanes) is 4. The second-order valence-electron chi connectivity index (χ2n) is 15.1. The fourth-order valence-corrected chi connectivity index (χ4v) is 6.55. The van der Waals surface area contributed by atoms with Crippen LogP contribution in [0.4, 0.5) is 4.79 Å². The summed E-state index contributed by atoms with van der Waals surface area (Å²) in [5, 5.41) is 0. The zero-order valence-corrected chi connectivity index (χ0v) is 39.6. The van der Waals surface area contributed by atoms with Gasteiger partial charge in [-0.2, -0.15) is 0 Å². The number of hydrogen-bond acceptors (Lipinski definition) is 15. The Morgan fingerprint density at radius 2 is 0.692 bits per heavy atom. The van der Waals surface area contributed by atoms with Gasteiger partial charge in [-0.25, -0.2) is 4.79 Å². The van der Waals surface area contributed by atoms with Crippen LogP contribution in [0.1, 0.15) is 56.1 Å². The molecule has 0 saturated heterocycles. The number of nitrogens with zero attached hydrogens (tertiary/aromatic N) is 1. The summed E-state index contributed by atoms with van der Waals surface area (Å²) in [5.41, 5.74) is 4.79. The number of amides is 1. The van der Waals surface area contributed by atoms with Crippen molar-refractivity contribution in [2.24, 2.45) is 0 Å². The van der Waals surface area contributed by atoms with Crippen LogP contribution in [0.3, 0.4) is 0 Å². The molecule has 1 amide bonds. The number of benzene rings is 2. The lowest BCUT2D eigenvalue weighted by molar-refractivity contribution is -0.0291. The van der Waals surface area contributed by atoms with Crippen LogP contribution in [0, 0.1) is 0 Å². The van der Waals surface area contributed by atoms with Crippen LogP contribution in [0.2, 0.25) is 0 Å². The van der Waals surface area contributed by atoms with Crippen molar-refractivity contribution in [1.29, 1.82) is 0 Å². The Kier molecular flexibility index (Phi) is 36.0. The molecular weight excluding hydrogens is 843 g/mol. The average molecular weight is 924 g/mol. The van der Waals surface area contributed by atoms with Crippen molar-refractivity contribution in [3.8, 4) is 11.1 Å². The summed E-state index contributed by atoms with van der Waals surface area (Å²) in [5.74, 6) is 0.0360. The van der Waals surface area contributed by atoms with Crippen molar-refractivity contribution in [1.82, 2.24) is 4.90 Å². The molecule has 0 atom stereocenters. The highest BCUT2D eigenvalue weighted by Gasteiger charge is 2.29. The van der Waals surface area contributed by atoms with Crippen molar-refractivity contribution in [3.63, 3.8) is 0 Å². The fourth-order valence-electron chi connectivity index (χ4n) is 6.55. The molecule has 0 aromatic heterocycles. The lowest BCUT2D eigenvalue weighted by Crippen LogP contribution is -2.32. The van der Waals surface area contributed by atoms with Crippen LogP contribution < -0.4 is 0 Å². The molecule has 16 nitrogen and oxygen atoms in total. The zero-order valence-electron chi connectivity index (χ0n) is 39.6. The molecule has 0 fully saturated rings. The molecule has 3 rings (SSSR count). The van der Waals surface area contributed by atoms with Gasteiger partial charge in [0.2, 0.25) is 0 Å². The van der Waals surface area contributed by atoms with Gasteiger partial charge in [0.05, 0.1) is 165 Å². The molecule has 0 unspecified atom stereocenters. The molecule has 0 bridgehead atoms. The third kappa shape index (κ3) is 28.9. The molecule has 2 aromatic carbocycles. The van der Waals surface area contributed by atoms with Crippen LogP contribution in [0.25, 0.3) is 11.1 Å². The van der Waals surface area contributed by atoms with Crippen molar-refractivity contribution >= 4 is 6.09 Å². The fraction of sp³-hybridized carbons (Fsp3) is 0.735. The Morgan fingerprint density at radius 1 is 0.400 bits per heavy atom. The van der Waals surface area contributed by atoms with Gasteiger partial charge in [-0.1, -0.05) is 81.1 Å². The van der Waals surface area contributed by atoms with Gasteiger partial charge in [0, 0.05) is 26.1 Å². The number of likely N-dealkylation sites (N-methyl/N-ethyl adjacent to an activating group) is 1. The minimum Gasteiger partial charge on any atom is -0.448 e. The van der Waals surface area contributed by atoms with E-state index >= 15 is 0 Å². The van der Waals surface area contributed by atoms with Gasteiger partial charge in [0.1, 0.15) is 6.61 Å². The van der Waals surface area contributed by atoms with E-state index in [9.17, 15) is 4.79 Å². The van der Waals surface area contributed by atoms with E-state index in [2.05, 4.69) is 31.2 Å². The number of carbonyl (C=O) groups excluding carboxylic acids is 1. The van der Waals surface area contributed by atoms with E-state index in [0.29, 0.717) is 178 Å². The molecule has 0 spiro atoms. The van der Waals surface area contributed by atoms with Crippen LogP contribution >= 0.6 is 0 Å².